The van der Waals surface area contributed by atoms with Crippen LogP contribution in [-0.4, -0.2) is 19.5 Å². The van der Waals surface area contributed by atoms with Crippen LogP contribution in [0, 0.1) is 41.4 Å². The van der Waals surface area contributed by atoms with Crippen LogP contribution in [0.2, 0.25) is 0 Å². The van der Waals surface area contributed by atoms with Crippen molar-refractivity contribution in [2.45, 2.75) is 57.5 Å². The maximum Gasteiger partial charge on any atom is 0.123 e. The molecule has 0 aromatic rings. The van der Waals surface area contributed by atoms with E-state index in [9.17, 15) is 4.79 Å². The van der Waals surface area contributed by atoms with Crippen molar-refractivity contribution in [1.29, 1.82) is 0 Å². The Morgan fingerprint density at radius 3 is 2.30 bits per heavy atom. The Kier molecular flexibility index (Phi) is 3.41. The molecule has 0 amide bonds. The molecular formula is C18H28O2. The summed E-state index contributed by atoms with van der Waals surface area (Å²) in [5, 5.41) is 0. The average Bonchev–Trinajstić information content (AvgIpc) is 2.81. The van der Waals surface area contributed by atoms with E-state index >= 15 is 0 Å². The number of fused-ring (bicyclic) bond motifs is 1. The number of rotatable bonds is 2. The van der Waals surface area contributed by atoms with Gasteiger partial charge in [-0.05, 0) is 67.6 Å². The van der Waals surface area contributed by atoms with Crippen molar-refractivity contribution in [2.24, 2.45) is 41.4 Å². The number of aldehydes is 1. The molecule has 2 bridgehead atoms. The van der Waals surface area contributed by atoms with E-state index in [1.54, 1.807) is 0 Å². The highest BCUT2D eigenvalue weighted by atomic mass is 16.5. The van der Waals surface area contributed by atoms with Crippen LogP contribution in [0.4, 0.5) is 0 Å². The Balaban J connectivity index is 1.67. The summed E-state index contributed by atoms with van der Waals surface area (Å²) >= 11 is 0. The summed E-state index contributed by atoms with van der Waals surface area (Å²) in [6.45, 7) is 0. The molecule has 0 aromatic heterocycles. The molecule has 112 valence electrons. The first-order valence-corrected chi connectivity index (χ1v) is 8.80. The molecule has 8 unspecified atom stereocenters. The third kappa shape index (κ3) is 1.90. The van der Waals surface area contributed by atoms with Gasteiger partial charge in [0.15, 0.2) is 0 Å². The number of hydrogen-bond donors (Lipinski definition) is 0. The van der Waals surface area contributed by atoms with Crippen LogP contribution in [0.15, 0.2) is 0 Å². The number of methoxy groups -OCH3 is 1. The number of carbonyl (C=O) groups is 1. The third-order valence-electron chi connectivity index (χ3n) is 7.37. The van der Waals surface area contributed by atoms with Gasteiger partial charge in [-0.15, -0.1) is 0 Å². The molecule has 5 fully saturated rings. The SMILES string of the molecule is COC1CC2C3CCCCC3CC1C1CC(C=O)CC21. The minimum absolute atomic E-state index is 0.353. The summed E-state index contributed by atoms with van der Waals surface area (Å²) < 4.78 is 5.90. The summed E-state index contributed by atoms with van der Waals surface area (Å²) in [6, 6.07) is 0. The van der Waals surface area contributed by atoms with Crippen LogP contribution in [0.25, 0.3) is 0 Å². The van der Waals surface area contributed by atoms with E-state index in [1.807, 2.05) is 7.11 Å². The van der Waals surface area contributed by atoms with E-state index in [2.05, 4.69) is 0 Å². The van der Waals surface area contributed by atoms with Crippen LogP contribution in [0.1, 0.15) is 51.4 Å². The first-order valence-electron chi connectivity index (χ1n) is 8.80. The number of ether oxygens (including phenoxy) is 1. The highest BCUT2D eigenvalue weighted by Crippen LogP contribution is 2.60. The molecule has 0 N–H and O–H groups in total. The summed E-state index contributed by atoms with van der Waals surface area (Å²) in [5.41, 5.74) is 0. The van der Waals surface area contributed by atoms with Gasteiger partial charge in [-0.25, -0.2) is 0 Å². The van der Waals surface area contributed by atoms with Gasteiger partial charge < -0.3 is 9.53 Å². The van der Waals surface area contributed by atoms with Gasteiger partial charge in [0.25, 0.3) is 0 Å². The van der Waals surface area contributed by atoms with Gasteiger partial charge in [-0.3, -0.25) is 0 Å². The van der Waals surface area contributed by atoms with Crippen LogP contribution >= 0.6 is 0 Å². The largest absolute Gasteiger partial charge is 0.381 e. The zero-order valence-electron chi connectivity index (χ0n) is 12.7. The molecule has 5 rings (SSSR count). The van der Waals surface area contributed by atoms with Gasteiger partial charge in [-0.1, -0.05) is 19.3 Å². The minimum Gasteiger partial charge on any atom is -0.381 e. The smallest absolute Gasteiger partial charge is 0.123 e. The molecule has 5 aliphatic carbocycles. The van der Waals surface area contributed by atoms with Crippen LogP contribution in [-0.2, 0) is 9.53 Å². The van der Waals surface area contributed by atoms with Crippen molar-refractivity contribution in [3.05, 3.63) is 0 Å². The van der Waals surface area contributed by atoms with Gasteiger partial charge in [0.2, 0.25) is 0 Å². The molecule has 5 aliphatic rings. The molecule has 2 heteroatoms. The van der Waals surface area contributed by atoms with Crippen molar-refractivity contribution < 1.29 is 9.53 Å². The predicted octanol–water partition coefficient (Wildman–Crippen LogP) is 3.69. The fourth-order valence-corrected chi connectivity index (χ4v) is 6.67. The lowest BCUT2D eigenvalue weighted by molar-refractivity contribution is -0.111. The van der Waals surface area contributed by atoms with Gasteiger partial charge >= 0.3 is 0 Å². The Morgan fingerprint density at radius 2 is 1.55 bits per heavy atom. The Morgan fingerprint density at radius 1 is 0.850 bits per heavy atom. The second kappa shape index (κ2) is 5.12. The van der Waals surface area contributed by atoms with Gasteiger partial charge in [0, 0.05) is 13.0 Å². The summed E-state index contributed by atoms with van der Waals surface area (Å²) in [7, 11) is 1.91. The third-order valence-corrected chi connectivity index (χ3v) is 7.37. The topological polar surface area (TPSA) is 26.3 Å². The fraction of sp³-hybridized carbons (Fsp3) is 0.944. The van der Waals surface area contributed by atoms with Crippen molar-refractivity contribution in [1.82, 2.24) is 0 Å². The van der Waals surface area contributed by atoms with Gasteiger partial charge in [-0.2, -0.15) is 0 Å². The van der Waals surface area contributed by atoms with Crippen molar-refractivity contribution in [3.63, 3.8) is 0 Å². The molecule has 0 heterocycles. The normalized spacial score (nSPS) is 54.0. The maximum absolute atomic E-state index is 11.3. The van der Waals surface area contributed by atoms with Crippen molar-refractivity contribution >= 4 is 6.29 Å². The van der Waals surface area contributed by atoms with E-state index in [-0.39, 0.29) is 0 Å². The molecule has 0 radical (unpaired) electrons. The Bertz CT molecular complexity index is 374. The van der Waals surface area contributed by atoms with E-state index in [1.165, 1.54) is 51.2 Å². The van der Waals surface area contributed by atoms with E-state index in [4.69, 9.17) is 4.74 Å². The standard InChI is InChI=1S/C18H28O2/c1-20-18-9-16-13-5-3-2-4-12(13)8-17(18)15-7-11(10-19)6-14(15)16/h10-18H,2-9H2,1H3. The Hall–Kier alpha value is -0.370. The average molecular weight is 276 g/mol. The van der Waals surface area contributed by atoms with E-state index < -0.39 is 0 Å². The molecule has 0 saturated heterocycles. The highest BCUT2D eigenvalue weighted by Gasteiger charge is 2.55. The van der Waals surface area contributed by atoms with Crippen molar-refractivity contribution in [2.75, 3.05) is 7.11 Å². The molecular weight excluding hydrogens is 248 g/mol. The number of carbonyl (C=O) groups excluding carboxylic acids is 1. The molecule has 0 aromatic carbocycles. The zero-order chi connectivity index (χ0) is 13.7. The summed E-state index contributed by atoms with van der Waals surface area (Å²) in [6.07, 6.45) is 12.6. The molecule has 8 atom stereocenters. The fourth-order valence-electron chi connectivity index (χ4n) is 6.67. The second-order valence-corrected chi connectivity index (χ2v) is 7.98. The lowest BCUT2D eigenvalue weighted by Gasteiger charge is -2.43. The van der Waals surface area contributed by atoms with Crippen molar-refractivity contribution in [3.8, 4) is 0 Å². The predicted molar refractivity (Wildman–Crippen MR) is 78.2 cm³/mol. The molecule has 0 aliphatic heterocycles. The van der Waals surface area contributed by atoms with E-state index in [0.717, 1.165) is 41.9 Å². The maximum atomic E-state index is 11.3. The summed E-state index contributed by atoms with van der Waals surface area (Å²) in [4.78, 5) is 11.3. The lowest BCUT2D eigenvalue weighted by atomic mass is 9.64. The van der Waals surface area contributed by atoms with Gasteiger partial charge in [0.05, 0.1) is 6.10 Å². The van der Waals surface area contributed by atoms with Crippen LogP contribution < -0.4 is 0 Å². The van der Waals surface area contributed by atoms with E-state index in [0.29, 0.717) is 12.0 Å². The lowest BCUT2D eigenvalue weighted by Crippen LogP contribution is -2.41. The zero-order valence-corrected chi connectivity index (χ0v) is 12.7. The summed E-state index contributed by atoms with van der Waals surface area (Å²) in [5.74, 6) is 5.52. The molecule has 5 saturated carbocycles. The van der Waals surface area contributed by atoms with Crippen LogP contribution in [0.3, 0.4) is 0 Å². The highest BCUT2D eigenvalue weighted by molar-refractivity contribution is 5.54. The molecule has 0 spiro atoms. The first-order chi connectivity index (χ1) is 9.81. The van der Waals surface area contributed by atoms with Gasteiger partial charge in [0.1, 0.15) is 6.29 Å². The second-order valence-electron chi connectivity index (χ2n) is 7.98. The first kappa shape index (κ1) is 13.3. The minimum atomic E-state index is 0.353. The molecule has 2 nitrogen and oxygen atoms in total. The number of hydrogen-bond acceptors (Lipinski definition) is 2. The monoisotopic (exact) mass is 276 g/mol. The molecule has 20 heavy (non-hydrogen) atoms. The van der Waals surface area contributed by atoms with Crippen LogP contribution in [0.5, 0.6) is 0 Å². The quantitative estimate of drug-likeness (QED) is 0.719. The Labute approximate surface area is 122 Å².